The van der Waals surface area contributed by atoms with Gasteiger partial charge in [0.1, 0.15) is 0 Å². The van der Waals surface area contributed by atoms with Crippen molar-refractivity contribution < 1.29 is 13.5 Å². The summed E-state index contributed by atoms with van der Waals surface area (Å²) in [6.45, 7) is 5.28. The summed E-state index contributed by atoms with van der Waals surface area (Å²) in [5.41, 5.74) is 4.34. The van der Waals surface area contributed by atoms with E-state index in [1.165, 1.54) is 0 Å². The summed E-state index contributed by atoms with van der Waals surface area (Å²) >= 11 is 0. The Balaban J connectivity index is 4.19. The molecule has 3 N–H and O–H groups in total. The van der Waals surface area contributed by atoms with Crippen molar-refractivity contribution >= 4 is 9.84 Å². The molecule has 4 nitrogen and oxygen atoms in total. The van der Waals surface area contributed by atoms with E-state index in [2.05, 4.69) is 0 Å². The Morgan fingerprint density at radius 2 is 1.86 bits per heavy atom. The minimum atomic E-state index is -3.05. The SMILES string of the molecule is CC(C)S(=O)(=O)CCC(C)(O)CCN. The maximum atomic E-state index is 11.4. The second kappa shape index (κ2) is 5.09. The topological polar surface area (TPSA) is 80.4 Å². The van der Waals surface area contributed by atoms with E-state index in [1.54, 1.807) is 20.8 Å². The average molecular weight is 223 g/mol. The molecule has 0 saturated carbocycles. The largest absolute Gasteiger partial charge is 0.390 e. The van der Waals surface area contributed by atoms with Crippen molar-refractivity contribution in [1.29, 1.82) is 0 Å². The molecule has 0 fully saturated rings. The van der Waals surface area contributed by atoms with Crippen LogP contribution in [0.15, 0.2) is 0 Å². The van der Waals surface area contributed by atoms with E-state index < -0.39 is 15.4 Å². The van der Waals surface area contributed by atoms with Gasteiger partial charge in [-0.15, -0.1) is 0 Å². The normalized spacial score (nSPS) is 17.0. The fourth-order valence-electron chi connectivity index (χ4n) is 1.03. The van der Waals surface area contributed by atoms with Gasteiger partial charge in [0.15, 0.2) is 9.84 Å². The number of hydrogen-bond acceptors (Lipinski definition) is 4. The van der Waals surface area contributed by atoms with Crippen LogP contribution in [0.5, 0.6) is 0 Å². The highest BCUT2D eigenvalue weighted by molar-refractivity contribution is 7.91. The Morgan fingerprint density at radius 3 is 2.21 bits per heavy atom. The van der Waals surface area contributed by atoms with E-state index >= 15 is 0 Å². The lowest BCUT2D eigenvalue weighted by molar-refractivity contribution is 0.0503. The third-order valence-corrected chi connectivity index (χ3v) is 4.54. The lowest BCUT2D eigenvalue weighted by Gasteiger charge is -2.22. The first-order chi connectivity index (χ1) is 6.21. The molecule has 0 aliphatic carbocycles. The lowest BCUT2D eigenvalue weighted by Crippen LogP contribution is -2.31. The minimum absolute atomic E-state index is 0.0255. The van der Waals surface area contributed by atoms with Crippen LogP contribution in [0.25, 0.3) is 0 Å². The Morgan fingerprint density at radius 1 is 1.36 bits per heavy atom. The van der Waals surface area contributed by atoms with Gasteiger partial charge in [-0.2, -0.15) is 0 Å². The van der Waals surface area contributed by atoms with E-state index in [4.69, 9.17) is 5.73 Å². The van der Waals surface area contributed by atoms with Crippen LogP contribution in [0, 0.1) is 0 Å². The maximum absolute atomic E-state index is 11.4. The summed E-state index contributed by atoms with van der Waals surface area (Å²) in [5.74, 6) is 0.0255. The average Bonchev–Trinajstić information content (AvgIpc) is 2.01. The second-order valence-electron chi connectivity index (χ2n) is 4.20. The molecule has 0 aliphatic heterocycles. The van der Waals surface area contributed by atoms with Crippen LogP contribution >= 0.6 is 0 Å². The number of rotatable bonds is 6. The van der Waals surface area contributed by atoms with Gasteiger partial charge in [0, 0.05) is 0 Å². The number of aliphatic hydroxyl groups is 1. The van der Waals surface area contributed by atoms with E-state index in [9.17, 15) is 13.5 Å². The highest BCUT2D eigenvalue weighted by Gasteiger charge is 2.24. The minimum Gasteiger partial charge on any atom is -0.390 e. The molecule has 0 saturated heterocycles. The molecule has 0 aliphatic rings. The summed E-state index contributed by atoms with van der Waals surface area (Å²) in [4.78, 5) is 0. The summed E-state index contributed by atoms with van der Waals surface area (Å²) in [6, 6.07) is 0. The van der Waals surface area contributed by atoms with Gasteiger partial charge in [-0.3, -0.25) is 0 Å². The van der Waals surface area contributed by atoms with Crippen LogP contribution in [0.2, 0.25) is 0 Å². The molecule has 0 amide bonds. The molecule has 0 spiro atoms. The van der Waals surface area contributed by atoms with Crippen LogP contribution in [-0.2, 0) is 9.84 Å². The van der Waals surface area contributed by atoms with Gasteiger partial charge in [-0.1, -0.05) is 0 Å². The van der Waals surface area contributed by atoms with Crippen LogP contribution in [0.3, 0.4) is 0 Å². The molecule has 0 aromatic rings. The molecule has 14 heavy (non-hydrogen) atoms. The molecule has 0 radical (unpaired) electrons. The van der Waals surface area contributed by atoms with Crippen molar-refractivity contribution in [1.82, 2.24) is 0 Å². The molecule has 5 heteroatoms. The molecule has 0 bridgehead atoms. The van der Waals surface area contributed by atoms with E-state index in [0.717, 1.165) is 0 Å². The zero-order valence-electron chi connectivity index (χ0n) is 9.16. The molecular formula is C9H21NO3S. The monoisotopic (exact) mass is 223 g/mol. The zero-order valence-corrected chi connectivity index (χ0v) is 9.97. The molecule has 0 aromatic carbocycles. The number of hydrogen-bond donors (Lipinski definition) is 2. The first kappa shape index (κ1) is 13.9. The molecule has 1 atom stereocenters. The zero-order chi connectivity index (χ0) is 11.4. The van der Waals surface area contributed by atoms with E-state index in [0.29, 0.717) is 13.0 Å². The predicted molar refractivity (Wildman–Crippen MR) is 57.8 cm³/mol. The summed E-state index contributed by atoms with van der Waals surface area (Å²) in [7, 11) is -3.05. The Hall–Kier alpha value is -0.130. The van der Waals surface area contributed by atoms with Crippen molar-refractivity contribution in [3.63, 3.8) is 0 Å². The van der Waals surface area contributed by atoms with Crippen molar-refractivity contribution in [3.05, 3.63) is 0 Å². The third kappa shape index (κ3) is 4.93. The summed E-state index contributed by atoms with van der Waals surface area (Å²) in [6.07, 6.45) is 0.686. The summed E-state index contributed by atoms with van der Waals surface area (Å²) < 4.78 is 22.9. The van der Waals surface area contributed by atoms with Gasteiger partial charge in [0.25, 0.3) is 0 Å². The third-order valence-electron chi connectivity index (χ3n) is 2.33. The van der Waals surface area contributed by atoms with Crippen molar-refractivity contribution in [2.45, 2.75) is 44.5 Å². The Labute approximate surface area is 86.4 Å². The van der Waals surface area contributed by atoms with Crippen LogP contribution in [0.4, 0.5) is 0 Å². The standard InChI is InChI=1S/C9H21NO3S/c1-8(2)14(12,13)7-5-9(3,11)4-6-10/h8,11H,4-7,10H2,1-3H3. The van der Waals surface area contributed by atoms with Gasteiger partial charge >= 0.3 is 0 Å². The fourth-order valence-corrected chi connectivity index (χ4v) is 2.23. The van der Waals surface area contributed by atoms with Gasteiger partial charge in [0.2, 0.25) is 0 Å². The van der Waals surface area contributed by atoms with Crippen LogP contribution in [-0.4, -0.2) is 36.7 Å². The lowest BCUT2D eigenvalue weighted by atomic mass is 10.00. The van der Waals surface area contributed by atoms with Gasteiger partial charge in [-0.25, -0.2) is 8.42 Å². The predicted octanol–water partition coefficient (Wildman–Crippen LogP) is 0.300. The van der Waals surface area contributed by atoms with Crippen molar-refractivity contribution in [3.8, 4) is 0 Å². The van der Waals surface area contributed by atoms with Crippen LogP contribution in [0.1, 0.15) is 33.6 Å². The number of sulfone groups is 1. The Bertz CT molecular complexity index is 257. The smallest absolute Gasteiger partial charge is 0.152 e. The molecule has 0 rings (SSSR count). The van der Waals surface area contributed by atoms with Gasteiger partial charge < -0.3 is 10.8 Å². The summed E-state index contributed by atoms with van der Waals surface area (Å²) in [5, 5.41) is 9.34. The fraction of sp³-hybridized carbons (Fsp3) is 1.00. The molecule has 1 unspecified atom stereocenters. The van der Waals surface area contributed by atoms with Crippen molar-refractivity contribution in [2.75, 3.05) is 12.3 Å². The number of nitrogens with two attached hydrogens (primary N) is 1. The van der Waals surface area contributed by atoms with Crippen molar-refractivity contribution in [2.24, 2.45) is 5.73 Å². The maximum Gasteiger partial charge on any atom is 0.152 e. The highest BCUT2D eigenvalue weighted by atomic mass is 32.2. The first-order valence-corrected chi connectivity index (χ1v) is 6.57. The second-order valence-corrected chi connectivity index (χ2v) is 6.88. The molecular weight excluding hydrogens is 202 g/mol. The molecule has 86 valence electrons. The van der Waals surface area contributed by atoms with Gasteiger partial charge in [-0.05, 0) is 40.2 Å². The molecule has 0 aromatic heterocycles. The van der Waals surface area contributed by atoms with Gasteiger partial charge in [0.05, 0.1) is 16.6 Å². The molecule has 0 heterocycles. The first-order valence-electron chi connectivity index (χ1n) is 4.85. The van der Waals surface area contributed by atoms with E-state index in [-0.39, 0.29) is 17.4 Å². The van der Waals surface area contributed by atoms with Crippen LogP contribution < -0.4 is 5.73 Å². The highest BCUT2D eigenvalue weighted by Crippen LogP contribution is 2.16. The Kier molecular flexibility index (Phi) is 5.05. The quantitative estimate of drug-likeness (QED) is 0.678. The van der Waals surface area contributed by atoms with E-state index in [1.807, 2.05) is 0 Å².